The summed E-state index contributed by atoms with van der Waals surface area (Å²) in [5.74, 6) is -1.70. The molecule has 3 atom stereocenters. The van der Waals surface area contributed by atoms with Crippen LogP contribution < -0.4 is 10.7 Å². The third kappa shape index (κ3) is 4.00. The lowest BCUT2D eigenvalue weighted by Crippen LogP contribution is -2.49. The van der Waals surface area contributed by atoms with E-state index in [-0.39, 0.29) is 11.3 Å². The molecule has 0 spiro atoms. The summed E-state index contributed by atoms with van der Waals surface area (Å²) in [6.07, 6.45) is 3.09. The molecule has 168 valence electrons. The van der Waals surface area contributed by atoms with E-state index in [2.05, 4.69) is 21.8 Å². The Bertz CT molecular complexity index is 1310. The molecular weight excluding hydrogens is 470 g/mol. The number of amides is 2. The Hall–Kier alpha value is -3.80. The number of pyridine rings is 1. The molecule has 3 aromatic rings. The van der Waals surface area contributed by atoms with Gasteiger partial charge in [-0.3, -0.25) is 25.0 Å². The van der Waals surface area contributed by atoms with Crippen molar-refractivity contribution >= 4 is 35.2 Å². The van der Waals surface area contributed by atoms with E-state index in [9.17, 15) is 14.9 Å². The van der Waals surface area contributed by atoms with Crippen molar-refractivity contribution in [2.24, 2.45) is 5.92 Å². The highest BCUT2D eigenvalue weighted by Gasteiger charge is 2.47. The van der Waals surface area contributed by atoms with Crippen LogP contribution in [0.15, 0.2) is 89.8 Å². The van der Waals surface area contributed by atoms with Gasteiger partial charge in [-0.1, -0.05) is 65.8 Å². The highest BCUT2D eigenvalue weighted by atomic mass is 35.5. The van der Waals surface area contributed by atoms with Gasteiger partial charge in [0, 0.05) is 33.8 Å². The second-order valence-corrected chi connectivity index (χ2v) is 9.32. The first kappa shape index (κ1) is 22.0. The number of carbonyl (C=O) groups is 2. The van der Waals surface area contributed by atoms with E-state index < -0.39 is 17.7 Å². The standard InChI is InChI=1S/C25H18ClN5O2S/c26-18-8-6-15(7-9-18)20-19(14-27)24(33)29-22-21(20)34-25(17-4-2-1-3-5-17)31(22)30-23(32)16-10-12-28-13-11-16/h1-13,19-20,25H,(H,29,33)(H,30,32). The number of hydrogen-bond acceptors (Lipinski definition) is 6. The quantitative estimate of drug-likeness (QED) is 0.567. The van der Waals surface area contributed by atoms with Crippen molar-refractivity contribution in [3.63, 3.8) is 0 Å². The second-order valence-electron chi connectivity index (χ2n) is 7.77. The van der Waals surface area contributed by atoms with E-state index in [1.807, 2.05) is 42.5 Å². The van der Waals surface area contributed by atoms with Crippen molar-refractivity contribution < 1.29 is 9.59 Å². The SMILES string of the molecule is N#CC1C(=O)NC2=C(SC(c3ccccc3)N2NC(=O)c2ccncc2)C1c1ccc(Cl)cc1. The van der Waals surface area contributed by atoms with Gasteiger partial charge in [-0.25, -0.2) is 0 Å². The molecule has 5 rings (SSSR count). The predicted octanol–water partition coefficient (Wildman–Crippen LogP) is 4.35. The molecule has 3 heterocycles. The van der Waals surface area contributed by atoms with Gasteiger partial charge in [-0.15, -0.1) is 0 Å². The zero-order chi connectivity index (χ0) is 23.7. The molecule has 0 saturated carbocycles. The van der Waals surface area contributed by atoms with Gasteiger partial charge in [0.2, 0.25) is 5.91 Å². The molecule has 0 bridgehead atoms. The van der Waals surface area contributed by atoms with Crippen molar-refractivity contribution in [2.45, 2.75) is 11.3 Å². The van der Waals surface area contributed by atoms with Crippen LogP contribution in [0.1, 0.15) is 32.8 Å². The molecule has 2 amide bonds. The van der Waals surface area contributed by atoms with E-state index in [1.165, 1.54) is 11.8 Å². The number of hydrogen-bond donors (Lipinski definition) is 2. The minimum absolute atomic E-state index is 0.336. The molecule has 1 aromatic heterocycles. The smallest absolute Gasteiger partial charge is 0.269 e. The Kier molecular flexibility index (Phi) is 5.97. The summed E-state index contributed by atoms with van der Waals surface area (Å²) in [6.45, 7) is 0. The normalized spacial score (nSPS) is 21.5. The van der Waals surface area contributed by atoms with Crippen LogP contribution in [0.5, 0.6) is 0 Å². The van der Waals surface area contributed by atoms with Crippen LogP contribution in [-0.4, -0.2) is 21.8 Å². The summed E-state index contributed by atoms with van der Waals surface area (Å²) < 4.78 is 0. The molecule has 0 radical (unpaired) electrons. The van der Waals surface area contributed by atoms with Crippen molar-refractivity contribution in [3.05, 3.63) is 112 Å². The Labute approximate surface area is 205 Å². The van der Waals surface area contributed by atoms with Gasteiger partial charge in [-0.2, -0.15) is 5.26 Å². The summed E-state index contributed by atoms with van der Waals surface area (Å²) >= 11 is 7.58. The fraction of sp³-hybridized carbons (Fsp3) is 0.120. The lowest BCUT2D eigenvalue weighted by atomic mass is 9.83. The molecule has 7 nitrogen and oxygen atoms in total. The molecule has 0 aliphatic carbocycles. The highest BCUT2D eigenvalue weighted by molar-refractivity contribution is 8.03. The first-order valence-electron chi connectivity index (χ1n) is 10.5. The average Bonchev–Trinajstić information content (AvgIpc) is 3.22. The molecule has 0 fully saturated rings. The number of nitrogens with one attached hydrogen (secondary N) is 2. The number of carbonyl (C=O) groups excluding carboxylic acids is 2. The minimum atomic E-state index is -0.917. The predicted molar refractivity (Wildman–Crippen MR) is 129 cm³/mol. The van der Waals surface area contributed by atoms with Gasteiger partial charge in [0.15, 0.2) is 0 Å². The largest absolute Gasteiger partial charge is 0.309 e. The molecule has 2 aromatic carbocycles. The molecule has 9 heteroatoms. The number of aromatic nitrogens is 1. The van der Waals surface area contributed by atoms with Crippen LogP contribution in [0.3, 0.4) is 0 Å². The van der Waals surface area contributed by atoms with Gasteiger partial charge in [0.05, 0.1) is 6.07 Å². The highest BCUT2D eigenvalue weighted by Crippen LogP contribution is 2.54. The van der Waals surface area contributed by atoms with Crippen LogP contribution in [0.4, 0.5) is 0 Å². The van der Waals surface area contributed by atoms with Gasteiger partial charge in [0.25, 0.3) is 5.91 Å². The van der Waals surface area contributed by atoms with Crippen LogP contribution in [0.2, 0.25) is 5.02 Å². The molecule has 2 N–H and O–H groups in total. The summed E-state index contributed by atoms with van der Waals surface area (Å²) in [5, 5.41) is 14.6. The van der Waals surface area contributed by atoms with Gasteiger partial charge in [-0.05, 0) is 35.4 Å². The van der Waals surface area contributed by atoms with Crippen molar-refractivity contribution in [1.29, 1.82) is 5.26 Å². The van der Waals surface area contributed by atoms with E-state index in [0.717, 1.165) is 16.0 Å². The number of halogens is 1. The van der Waals surface area contributed by atoms with E-state index >= 15 is 0 Å². The lowest BCUT2D eigenvalue weighted by Gasteiger charge is -2.32. The topological polar surface area (TPSA) is 98.1 Å². The summed E-state index contributed by atoms with van der Waals surface area (Å²) in [6, 6.07) is 22.2. The molecular formula is C25H18ClN5O2S. The zero-order valence-corrected chi connectivity index (χ0v) is 19.3. The van der Waals surface area contributed by atoms with Crippen LogP contribution in [0.25, 0.3) is 0 Å². The number of nitrogens with zero attached hydrogens (tertiary/aromatic N) is 3. The number of benzene rings is 2. The first-order valence-corrected chi connectivity index (χ1v) is 11.7. The van der Waals surface area contributed by atoms with Crippen molar-refractivity contribution in [3.8, 4) is 6.07 Å². The van der Waals surface area contributed by atoms with Crippen molar-refractivity contribution in [2.75, 3.05) is 0 Å². The Morgan fingerprint density at radius 3 is 2.44 bits per heavy atom. The maximum Gasteiger partial charge on any atom is 0.269 e. The fourth-order valence-corrected chi connectivity index (χ4v) is 5.68. The fourth-order valence-electron chi connectivity index (χ4n) is 4.08. The van der Waals surface area contributed by atoms with Crippen LogP contribution >= 0.6 is 23.4 Å². The Morgan fingerprint density at radius 2 is 1.76 bits per heavy atom. The molecule has 2 aliphatic heterocycles. The lowest BCUT2D eigenvalue weighted by molar-refractivity contribution is -0.124. The van der Waals surface area contributed by atoms with E-state index in [1.54, 1.807) is 41.7 Å². The number of nitriles is 1. The van der Waals surface area contributed by atoms with Crippen molar-refractivity contribution in [1.82, 2.24) is 20.7 Å². The van der Waals surface area contributed by atoms with Crippen LogP contribution in [-0.2, 0) is 4.79 Å². The summed E-state index contributed by atoms with van der Waals surface area (Å²) in [4.78, 5) is 30.8. The number of rotatable bonds is 4. The van der Waals surface area contributed by atoms with Gasteiger partial charge in [0.1, 0.15) is 17.1 Å². The number of allylic oxidation sites excluding steroid dienone is 1. The summed E-state index contributed by atoms with van der Waals surface area (Å²) in [7, 11) is 0. The Balaban J connectivity index is 1.59. The number of thioether (sulfide) groups is 1. The zero-order valence-electron chi connectivity index (χ0n) is 17.7. The Morgan fingerprint density at radius 1 is 1.06 bits per heavy atom. The summed E-state index contributed by atoms with van der Waals surface area (Å²) in [5.41, 5.74) is 5.13. The van der Waals surface area contributed by atoms with E-state index in [0.29, 0.717) is 16.4 Å². The van der Waals surface area contributed by atoms with Gasteiger partial charge < -0.3 is 5.32 Å². The maximum atomic E-state index is 13.1. The minimum Gasteiger partial charge on any atom is -0.309 e. The third-order valence-corrected chi connectivity index (χ3v) is 7.36. The molecule has 3 unspecified atom stereocenters. The molecule has 0 saturated heterocycles. The van der Waals surface area contributed by atoms with Crippen LogP contribution in [0, 0.1) is 17.2 Å². The molecule has 34 heavy (non-hydrogen) atoms. The second kappa shape index (κ2) is 9.21. The van der Waals surface area contributed by atoms with E-state index in [4.69, 9.17) is 11.6 Å². The first-order chi connectivity index (χ1) is 16.6. The monoisotopic (exact) mass is 487 g/mol. The number of hydrazine groups is 1. The third-order valence-electron chi connectivity index (χ3n) is 5.70. The van der Waals surface area contributed by atoms with Gasteiger partial charge >= 0.3 is 0 Å². The average molecular weight is 488 g/mol. The molecule has 2 aliphatic rings. The maximum absolute atomic E-state index is 13.1.